The summed E-state index contributed by atoms with van der Waals surface area (Å²) in [5, 5.41) is 21.1. The molecule has 0 bridgehead atoms. The quantitative estimate of drug-likeness (QED) is 0.842. The summed E-state index contributed by atoms with van der Waals surface area (Å²) < 4.78 is 0. The molecule has 0 aliphatic carbocycles. The highest BCUT2D eigenvalue weighted by Gasteiger charge is 2.11. The summed E-state index contributed by atoms with van der Waals surface area (Å²) in [6.45, 7) is 0. The van der Waals surface area contributed by atoms with Gasteiger partial charge in [0.25, 0.3) is 5.91 Å². The number of aromatic nitrogens is 3. The molecule has 7 heteroatoms. The Hall–Kier alpha value is -2.39. The van der Waals surface area contributed by atoms with E-state index in [1.165, 1.54) is 12.3 Å². The molecule has 1 aromatic carbocycles. The molecular formula is C10H6ClN5O. The highest BCUT2D eigenvalue weighted by atomic mass is 35.5. The van der Waals surface area contributed by atoms with E-state index in [0.29, 0.717) is 16.3 Å². The third-order valence-electron chi connectivity index (χ3n) is 1.99. The number of carbonyl (C=O) groups is 1. The van der Waals surface area contributed by atoms with Gasteiger partial charge in [-0.05, 0) is 18.2 Å². The van der Waals surface area contributed by atoms with Gasteiger partial charge in [-0.1, -0.05) is 11.6 Å². The predicted octanol–water partition coefficient (Wildman–Crippen LogP) is 1.58. The molecule has 2 rings (SSSR count). The van der Waals surface area contributed by atoms with E-state index < -0.39 is 5.91 Å². The van der Waals surface area contributed by atoms with Gasteiger partial charge in [0.2, 0.25) is 0 Å². The number of nitrogens with zero attached hydrogens (tertiary/aromatic N) is 3. The van der Waals surface area contributed by atoms with E-state index >= 15 is 0 Å². The smallest absolute Gasteiger partial charge is 0.277 e. The number of benzene rings is 1. The van der Waals surface area contributed by atoms with Gasteiger partial charge >= 0.3 is 0 Å². The standard InChI is InChI=1S/C10H6ClN5O/c11-7-2-1-6(4-12)3-8(7)14-10(17)9-5-13-16-15-9/h1-3,5H,(H,14,17)(H,13,15,16). The van der Waals surface area contributed by atoms with Crippen LogP contribution in [0.5, 0.6) is 0 Å². The van der Waals surface area contributed by atoms with Crippen LogP contribution in [0.25, 0.3) is 0 Å². The number of anilines is 1. The number of halogens is 1. The molecule has 0 spiro atoms. The molecule has 84 valence electrons. The average molecular weight is 248 g/mol. The van der Waals surface area contributed by atoms with Crippen molar-refractivity contribution < 1.29 is 4.79 Å². The maximum Gasteiger partial charge on any atom is 0.277 e. The molecule has 2 aromatic rings. The van der Waals surface area contributed by atoms with Gasteiger partial charge in [-0.15, -0.1) is 0 Å². The van der Waals surface area contributed by atoms with Crippen molar-refractivity contribution in [2.24, 2.45) is 0 Å². The summed E-state index contributed by atoms with van der Waals surface area (Å²) in [5.74, 6) is -0.448. The van der Waals surface area contributed by atoms with Gasteiger partial charge in [-0.25, -0.2) is 0 Å². The summed E-state index contributed by atoms with van der Waals surface area (Å²) in [6.07, 6.45) is 1.29. The average Bonchev–Trinajstić information content (AvgIpc) is 2.85. The van der Waals surface area contributed by atoms with E-state index in [1.807, 2.05) is 6.07 Å². The Balaban J connectivity index is 2.25. The molecule has 0 aliphatic rings. The van der Waals surface area contributed by atoms with Crippen molar-refractivity contribution in [3.8, 4) is 6.07 Å². The monoisotopic (exact) mass is 247 g/mol. The van der Waals surface area contributed by atoms with Crippen molar-refractivity contribution in [3.63, 3.8) is 0 Å². The molecule has 0 radical (unpaired) electrons. The summed E-state index contributed by atoms with van der Waals surface area (Å²) in [6, 6.07) is 6.55. The first kappa shape index (κ1) is 11.1. The minimum atomic E-state index is -0.448. The maximum atomic E-state index is 11.7. The van der Waals surface area contributed by atoms with Crippen LogP contribution in [-0.2, 0) is 0 Å². The van der Waals surface area contributed by atoms with Crippen molar-refractivity contribution in [1.29, 1.82) is 5.26 Å². The Labute approximate surface area is 101 Å². The fourth-order valence-electron chi connectivity index (χ4n) is 1.19. The number of nitriles is 1. The van der Waals surface area contributed by atoms with E-state index in [2.05, 4.69) is 20.7 Å². The first-order valence-corrected chi connectivity index (χ1v) is 4.95. The van der Waals surface area contributed by atoms with Crippen LogP contribution < -0.4 is 5.32 Å². The molecular weight excluding hydrogens is 242 g/mol. The van der Waals surface area contributed by atoms with Gasteiger partial charge < -0.3 is 5.32 Å². The van der Waals surface area contributed by atoms with Crippen LogP contribution in [0.1, 0.15) is 16.1 Å². The third kappa shape index (κ3) is 2.41. The zero-order chi connectivity index (χ0) is 12.3. The number of H-pyrrole nitrogens is 1. The maximum absolute atomic E-state index is 11.7. The molecule has 0 atom stereocenters. The van der Waals surface area contributed by atoms with Crippen molar-refractivity contribution in [3.05, 3.63) is 40.7 Å². The number of nitrogens with one attached hydrogen (secondary N) is 2. The summed E-state index contributed by atoms with van der Waals surface area (Å²) in [5.41, 5.74) is 0.909. The molecule has 0 unspecified atom stereocenters. The van der Waals surface area contributed by atoms with Gasteiger partial charge in [0.05, 0.1) is 28.5 Å². The molecule has 17 heavy (non-hydrogen) atoms. The lowest BCUT2D eigenvalue weighted by Crippen LogP contribution is -2.12. The molecule has 1 aromatic heterocycles. The van der Waals surface area contributed by atoms with Crippen molar-refractivity contribution in [2.75, 3.05) is 5.32 Å². The SMILES string of the molecule is N#Cc1ccc(Cl)c(NC(=O)c2cn[nH]n2)c1. The lowest BCUT2D eigenvalue weighted by Gasteiger charge is -2.05. The van der Waals surface area contributed by atoms with Crippen LogP contribution in [0, 0.1) is 11.3 Å². The second-order valence-electron chi connectivity index (χ2n) is 3.12. The predicted molar refractivity (Wildman–Crippen MR) is 60.5 cm³/mol. The largest absolute Gasteiger partial charge is 0.319 e. The van der Waals surface area contributed by atoms with E-state index in [0.717, 1.165) is 0 Å². The van der Waals surface area contributed by atoms with E-state index in [1.54, 1.807) is 12.1 Å². The number of aromatic amines is 1. The van der Waals surface area contributed by atoms with Crippen LogP contribution in [0.15, 0.2) is 24.4 Å². The Morgan fingerprint density at radius 1 is 1.53 bits per heavy atom. The van der Waals surface area contributed by atoms with Crippen molar-refractivity contribution >= 4 is 23.2 Å². The van der Waals surface area contributed by atoms with Gasteiger partial charge in [-0.3, -0.25) is 4.79 Å². The Morgan fingerprint density at radius 3 is 3.00 bits per heavy atom. The Kier molecular flexibility index (Phi) is 3.03. The third-order valence-corrected chi connectivity index (χ3v) is 2.32. The lowest BCUT2D eigenvalue weighted by atomic mass is 10.2. The zero-order valence-electron chi connectivity index (χ0n) is 8.44. The van der Waals surface area contributed by atoms with Crippen molar-refractivity contribution in [2.45, 2.75) is 0 Å². The first-order valence-electron chi connectivity index (χ1n) is 4.57. The highest BCUT2D eigenvalue weighted by molar-refractivity contribution is 6.33. The molecule has 0 saturated carbocycles. The molecule has 0 fully saturated rings. The van der Waals surface area contributed by atoms with Crippen LogP contribution in [0.3, 0.4) is 0 Å². The van der Waals surface area contributed by atoms with Gasteiger partial charge in [0.15, 0.2) is 5.69 Å². The number of hydrogen-bond donors (Lipinski definition) is 2. The molecule has 0 aliphatic heterocycles. The molecule has 0 saturated heterocycles. The Morgan fingerprint density at radius 2 is 2.35 bits per heavy atom. The van der Waals surface area contributed by atoms with E-state index in [4.69, 9.17) is 16.9 Å². The van der Waals surface area contributed by atoms with Gasteiger partial charge in [0, 0.05) is 0 Å². The second-order valence-corrected chi connectivity index (χ2v) is 3.52. The van der Waals surface area contributed by atoms with Crippen LogP contribution in [0.4, 0.5) is 5.69 Å². The molecule has 6 nitrogen and oxygen atoms in total. The molecule has 1 heterocycles. The van der Waals surface area contributed by atoms with Gasteiger partial charge in [-0.2, -0.15) is 20.7 Å². The first-order chi connectivity index (χ1) is 8.20. The Bertz CT molecular complexity index is 587. The summed E-state index contributed by atoms with van der Waals surface area (Å²) in [4.78, 5) is 11.7. The minimum absolute atomic E-state index is 0.142. The highest BCUT2D eigenvalue weighted by Crippen LogP contribution is 2.23. The van der Waals surface area contributed by atoms with Crippen LogP contribution in [-0.4, -0.2) is 21.3 Å². The lowest BCUT2D eigenvalue weighted by molar-refractivity contribution is 0.102. The normalized spacial score (nSPS) is 9.65. The number of hydrogen-bond acceptors (Lipinski definition) is 4. The molecule has 1 amide bonds. The molecule has 2 N–H and O–H groups in total. The summed E-state index contributed by atoms with van der Waals surface area (Å²) in [7, 11) is 0. The topological polar surface area (TPSA) is 94.5 Å². The minimum Gasteiger partial charge on any atom is -0.319 e. The van der Waals surface area contributed by atoms with Crippen molar-refractivity contribution in [1.82, 2.24) is 15.4 Å². The number of amides is 1. The fourth-order valence-corrected chi connectivity index (χ4v) is 1.35. The fraction of sp³-hybridized carbons (Fsp3) is 0. The zero-order valence-corrected chi connectivity index (χ0v) is 9.19. The second kappa shape index (κ2) is 4.63. The van der Waals surface area contributed by atoms with E-state index in [-0.39, 0.29) is 5.69 Å². The van der Waals surface area contributed by atoms with E-state index in [9.17, 15) is 4.79 Å². The van der Waals surface area contributed by atoms with Crippen LogP contribution in [0.2, 0.25) is 5.02 Å². The number of carbonyl (C=O) groups excluding carboxylic acids is 1. The van der Waals surface area contributed by atoms with Crippen LogP contribution >= 0.6 is 11.6 Å². The number of rotatable bonds is 2. The van der Waals surface area contributed by atoms with Gasteiger partial charge in [0.1, 0.15) is 0 Å². The summed E-state index contributed by atoms with van der Waals surface area (Å²) >= 11 is 5.89.